The van der Waals surface area contributed by atoms with E-state index in [2.05, 4.69) is 15.6 Å². The van der Waals surface area contributed by atoms with Crippen LogP contribution in [0.2, 0.25) is 0 Å². The summed E-state index contributed by atoms with van der Waals surface area (Å²) in [7, 11) is -3.09. The van der Waals surface area contributed by atoms with Crippen molar-refractivity contribution in [1.82, 2.24) is 10.6 Å². The van der Waals surface area contributed by atoms with E-state index in [4.69, 9.17) is 0 Å². The molecule has 0 aromatic heterocycles. The zero-order valence-corrected chi connectivity index (χ0v) is 14.6. The molecule has 1 aliphatic carbocycles. The summed E-state index contributed by atoms with van der Waals surface area (Å²) >= 11 is 0. The molecule has 2 N–H and O–H groups in total. The smallest absolute Gasteiger partial charge is 0.191 e. The maximum absolute atomic E-state index is 11.5. The average Bonchev–Trinajstić information content (AvgIpc) is 2.97. The van der Waals surface area contributed by atoms with Gasteiger partial charge in [0.1, 0.15) is 0 Å². The van der Waals surface area contributed by atoms with Gasteiger partial charge in [-0.3, -0.25) is 4.99 Å². The molecule has 0 aromatic carbocycles. The predicted octanol–water partition coefficient (Wildman–Crippen LogP) is 1.15. The van der Waals surface area contributed by atoms with Crippen LogP contribution in [0.25, 0.3) is 0 Å². The van der Waals surface area contributed by atoms with Gasteiger partial charge in [-0.05, 0) is 33.6 Å². The van der Waals surface area contributed by atoms with Crippen molar-refractivity contribution >= 4 is 39.8 Å². The van der Waals surface area contributed by atoms with Crippen molar-refractivity contribution in [2.24, 2.45) is 4.99 Å². The van der Waals surface area contributed by atoms with Crippen molar-refractivity contribution < 1.29 is 8.42 Å². The molecule has 1 aliphatic rings. The molecule has 0 saturated heterocycles. The van der Waals surface area contributed by atoms with Gasteiger partial charge >= 0.3 is 0 Å². The van der Waals surface area contributed by atoms with Gasteiger partial charge in [-0.2, -0.15) is 0 Å². The predicted molar refractivity (Wildman–Crippen MR) is 86.5 cm³/mol. The molecule has 0 spiro atoms. The van der Waals surface area contributed by atoms with Crippen molar-refractivity contribution in [3.8, 4) is 0 Å². The summed E-state index contributed by atoms with van der Waals surface area (Å²) in [6, 6.07) is 0.508. The van der Waals surface area contributed by atoms with Gasteiger partial charge in [-0.15, -0.1) is 24.0 Å². The van der Waals surface area contributed by atoms with Gasteiger partial charge in [0.25, 0.3) is 0 Å². The maximum Gasteiger partial charge on any atom is 0.191 e. The monoisotopic (exact) mass is 389 g/mol. The van der Waals surface area contributed by atoms with Crippen LogP contribution in [-0.2, 0) is 9.84 Å². The molecule has 108 valence electrons. The lowest BCUT2D eigenvalue weighted by molar-refractivity contribution is 0.554. The normalized spacial score (nSPS) is 17.0. The topological polar surface area (TPSA) is 70.6 Å². The molecule has 0 aliphatic heterocycles. The zero-order valence-electron chi connectivity index (χ0n) is 11.5. The fraction of sp³-hybridized carbons (Fsp3) is 0.909. The lowest BCUT2D eigenvalue weighted by Crippen LogP contribution is -2.41. The van der Waals surface area contributed by atoms with Crippen LogP contribution in [0.15, 0.2) is 4.99 Å². The highest BCUT2D eigenvalue weighted by molar-refractivity contribution is 14.0. The standard InChI is InChI=1S/C11H23N3O2S.HI/c1-5-12-10(14-9-6-7-9)13-8-11(2,3)17(4,15)16;/h9H,5-8H2,1-4H3,(H2,12,13,14);1H. The van der Waals surface area contributed by atoms with E-state index in [0.717, 1.165) is 6.54 Å². The van der Waals surface area contributed by atoms with E-state index in [-0.39, 0.29) is 30.5 Å². The van der Waals surface area contributed by atoms with Crippen molar-refractivity contribution in [3.05, 3.63) is 0 Å². The van der Waals surface area contributed by atoms with E-state index in [1.165, 1.54) is 19.1 Å². The van der Waals surface area contributed by atoms with Crippen molar-refractivity contribution in [2.75, 3.05) is 19.3 Å². The third-order valence-electron chi connectivity index (χ3n) is 2.88. The zero-order chi connectivity index (χ0) is 13.1. The number of hydrogen-bond donors (Lipinski definition) is 2. The first-order valence-corrected chi connectivity index (χ1v) is 7.90. The Kier molecular flexibility index (Phi) is 6.91. The highest BCUT2D eigenvalue weighted by atomic mass is 127. The SMILES string of the molecule is CCNC(=NCC(C)(C)S(C)(=O)=O)NC1CC1.I. The van der Waals surface area contributed by atoms with E-state index in [0.29, 0.717) is 12.0 Å². The third kappa shape index (κ3) is 5.73. The molecule has 5 nitrogen and oxygen atoms in total. The van der Waals surface area contributed by atoms with Crippen LogP contribution in [0, 0.1) is 0 Å². The minimum absolute atomic E-state index is 0. The summed E-state index contributed by atoms with van der Waals surface area (Å²) < 4.78 is 22.3. The van der Waals surface area contributed by atoms with Crippen LogP contribution in [0.4, 0.5) is 0 Å². The first kappa shape index (κ1) is 17.9. The molecule has 0 atom stereocenters. The number of nitrogens with zero attached hydrogens (tertiary/aromatic N) is 1. The summed E-state index contributed by atoms with van der Waals surface area (Å²) in [6.45, 7) is 6.44. The van der Waals surface area contributed by atoms with Gasteiger partial charge in [0.2, 0.25) is 0 Å². The van der Waals surface area contributed by atoms with Crippen molar-refractivity contribution in [2.45, 2.75) is 44.4 Å². The number of halogens is 1. The molecule has 7 heteroatoms. The highest BCUT2D eigenvalue weighted by Crippen LogP contribution is 2.19. The summed E-state index contributed by atoms with van der Waals surface area (Å²) in [5.41, 5.74) is 0. The average molecular weight is 389 g/mol. The molecular weight excluding hydrogens is 365 g/mol. The lowest BCUT2D eigenvalue weighted by atomic mass is 10.2. The lowest BCUT2D eigenvalue weighted by Gasteiger charge is -2.21. The second kappa shape index (κ2) is 6.93. The Labute approximate surface area is 127 Å². The van der Waals surface area contributed by atoms with E-state index in [1.807, 2.05) is 6.92 Å². The number of guanidine groups is 1. The Morgan fingerprint density at radius 3 is 2.33 bits per heavy atom. The number of nitrogens with one attached hydrogen (secondary N) is 2. The second-order valence-electron chi connectivity index (χ2n) is 5.15. The number of rotatable bonds is 5. The molecule has 1 rings (SSSR count). The van der Waals surface area contributed by atoms with Crippen LogP contribution in [0.5, 0.6) is 0 Å². The number of hydrogen-bond acceptors (Lipinski definition) is 3. The van der Waals surface area contributed by atoms with Gasteiger partial charge < -0.3 is 10.6 Å². The van der Waals surface area contributed by atoms with Crippen molar-refractivity contribution in [1.29, 1.82) is 0 Å². The summed E-state index contributed by atoms with van der Waals surface area (Å²) in [5, 5.41) is 6.38. The molecule has 0 radical (unpaired) electrons. The minimum atomic E-state index is -3.09. The summed E-state index contributed by atoms with van der Waals surface area (Å²) in [5.74, 6) is 0.715. The van der Waals surface area contributed by atoms with Crippen molar-refractivity contribution in [3.63, 3.8) is 0 Å². The van der Waals surface area contributed by atoms with E-state index < -0.39 is 14.6 Å². The van der Waals surface area contributed by atoms with Crippen LogP contribution in [0.3, 0.4) is 0 Å². The first-order chi connectivity index (χ1) is 7.76. The molecule has 0 aromatic rings. The number of aliphatic imine (C=N–C) groups is 1. The number of sulfone groups is 1. The van der Waals surface area contributed by atoms with Gasteiger partial charge in [0.15, 0.2) is 15.8 Å². The Bertz CT molecular complexity index is 389. The molecule has 1 fully saturated rings. The van der Waals surface area contributed by atoms with Gasteiger partial charge in [0.05, 0.1) is 11.3 Å². The van der Waals surface area contributed by atoms with Gasteiger partial charge in [-0.25, -0.2) is 8.42 Å². The molecule has 0 heterocycles. The summed E-state index contributed by atoms with van der Waals surface area (Å²) in [4.78, 5) is 4.35. The Morgan fingerprint density at radius 1 is 1.39 bits per heavy atom. The quantitative estimate of drug-likeness (QED) is 0.421. The minimum Gasteiger partial charge on any atom is -0.357 e. The highest BCUT2D eigenvalue weighted by Gasteiger charge is 2.30. The third-order valence-corrected chi connectivity index (χ3v) is 5.02. The molecule has 0 amide bonds. The molecule has 18 heavy (non-hydrogen) atoms. The van der Waals surface area contributed by atoms with Crippen LogP contribution >= 0.6 is 24.0 Å². The van der Waals surface area contributed by atoms with Gasteiger partial charge in [-0.1, -0.05) is 0 Å². The van der Waals surface area contributed by atoms with E-state index in [9.17, 15) is 8.42 Å². The van der Waals surface area contributed by atoms with Crippen LogP contribution in [0.1, 0.15) is 33.6 Å². The molecule has 1 saturated carbocycles. The molecule has 0 unspecified atom stereocenters. The first-order valence-electron chi connectivity index (χ1n) is 6.00. The van der Waals surface area contributed by atoms with E-state index in [1.54, 1.807) is 13.8 Å². The largest absolute Gasteiger partial charge is 0.357 e. The Balaban J connectivity index is 0.00000289. The fourth-order valence-electron chi connectivity index (χ4n) is 1.13. The Hall–Kier alpha value is -0.0500. The second-order valence-corrected chi connectivity index (χ2v) is 7.80. The van der Waals surface area contributed by atoms with Crippen LogP contribution in [-0.4, -0.2) is 44.5 Å². The summed E-state index contributed by atoms with van der Waals surface area (Å²) in [6.07, 6.45) is 3.59. The van der Waals surface area contributed by atoms with E-state index >= 15 is 0 Å². The van der Waals surface area contributed by atoms with Gasteiger partial charge in [0, 0.05) is 18.8 Å². The van der Waals surface area contributed by atoms with Crippen LogP contribution < -0.4 is 10.6 Å². The molecular formula is C11H24IN3O2S. The maximum atomic E-state index is 11.5. The fourth-order valence-corrected chi connectivity index (χ4v) is 1.43. The Morgan fingerprint density at radius 2 is 1.94 bits per heavy atom. The molecule has 0 bridgehead atoms.